The Morgan fingerprint density at radius 1 is 1.08 bits per heavy atom. The van der Waals surface area contributed by atoms with Crippen LogP contribution < -0.4 is 10.6 Å². The van der Waals surface area contributed by atoms with E-state index < -0.39 is 5.41 Å². The normalized spacial score (nSPS) is 11.0. The SMILES string of the molecule is Cc1ccc(C)c(NC(=O)C(C)(C)C(=O)NCc2ccccn2)c1. The van der Waals surface area contributed by atoms with Crippen molar-refractivity contribution >= 4 is 17.5 Å². The number of aromatic nitrogens is 1. The number of nitrogens with one attached hydrogen (secondary N) is 2. The molecule has 0 fully saturated rings. The molecule has 2 N–H and O–H groups in total. The van der Waals surface area contributed by atoms with Crippen LogP contribution in [0.2, 0.25) is 0 Å². The van der Waals surface area contributed by atoms with E-state index >= 15 is 0 Å². The summed E-state index contributed by atoms with van der Waals surface area (Å²) >= 11 is 0. The third kappa shape index (κ3) is 4.19. The lowest BCUT2D eigenvalue weighted by atomic mass is 9.90. The molecule has 2 rings (SSSR count). The van der Waals surface area contributed by atoms with Gasteiger partial charge >= 0.3 is 0 Å². The van der Waals surface area contributed by atoms with Crippen molar-refractivity contribution in [1.29, 1.82) is 0 Å². The van der Waals surface area contributed by atoms with Gasteiger partial charge in [0.15, 0.2) is 0 Å². The van der Waals surface area contributed by atoms with Gasteiger partial charge in [-0.2, -0.15) is 0 Å². The third-order valence-electron chi connectivity index (χ3n) is 3.93. The van der Waals surface area contributed by atoms with E-state index in [1.807, 2.05) is 50.2 Å². The standard InChI is InChI=1S/C19H23N3O2/c1-13-8-9-14(2)16(11-13)22-18(24)19(3,4)17(23)21-12-15-7-5-6-10-20-15/h5-11H,12H2,1-4H3,(H,21,23)(H,22,24). The highest BCUT2D eigenvalue weighted by Gasteiger charge is 2.36. The molecule has 1 aromatic heterocycles. The van der Waals surface area contributed by atoms with E-state index in [2.05, 4.69) is 15.6 Å². The van der Waals surface area contributed by atoms with Crippen LogP contribution in [-0.4, -0.2) is 16.8 Å². The fraction of sp³-hybridized carbons (Fsp3) is 0.316. The molecule has 0 saturated carbocycles. The van der Waals surface area contributed by atoms with Gasteiger partial charge in [0.2, 0.25) is 11.8 Å². The molecule has 0 aliphatic heterocycles. The van der Waals surface area contributed by atoms with Gasteiger partial charge in [-0.1, -0.05) is 18.2 Å². The summed E-state index contributed by atoms with van der Waals surface area (Å²) in [6, 6.07) is 11.3. The Hall–Kier alpha value is -2.69. The molecule has 0 atom stereocenters. The summed E-state index contributed by atoms with van der Waals surface area (Å²) in [6.45, 7) is 7.39. The summed E-state index contributed by atoms with van der Waals surface area (Å²) < 4.78 is 0. The van der Waals surface area contributed by atoms with Crippen molar-refractivity contribution in [1.82, 2.24) is 10.3 Å². The zero-order chi connectivity index (χ0) is 17.7. The lowest BCUT2D eigenvalue weighted by molar-refractivity contribution is -0.138. The molecule has 1 heterocycles. The van der Waals surface area contributed by atoms with E-state index in [9.17, 15) is 9.59 Å². The monoisotopic (exact) mass is 325 g/mol. The van der Waals surface area contributed by atoms with Crippen LogP contribution in [0.1, 0.15) is 30.7 Å². The molecule has 0 bridgehead atoms. The lowest BCUT2D eigenvalue weighted by Crippen LogP contribution is -2.45. The number of carbonyl (C=O) groups is 2. The van der Waals surface area contributed by atoms with Gasteiger partial charge in [0.1, 0.15) is 5.41 Å². The fourth-order valence-corrected chi connectivity index (χ4v) is 2.15. The van der Waals surface area contributed by atoms with Crippen LogP contribution in [0.3, 0.4) is 0 Å². The first kappa shape index (κ1) is 17.7. The van der Waals surface area contributed by atoms with Gasteiger partial charge in [-0.25, -0.2) is 0 Å². The average molecular weight is 325 g/mol. The second-order valence-corrected chi connectivity index (χ2v) is 6.40. The number of benzene rings is 1. The summed E-state index contributed by atoms with van der Waals surface area (Å²) in [6.07, 6.45) is 1.67. The van der Waals surface area contributed by atoms with E-state index in [0.29, 0.717) is 6.54 Å². The highest BCUT2D eigenvalue weighted by molar-refractivity contribution is 6.10. The van der Waals surface area contributed by atoms with Crippen LogP contribution in [-0.2, 0) is 16.1 Å². The van der Waals surface area contributed by atoms with Crippen molar-refractivity contribution in [2.45, 2.75) is 34.2 Å². The molecule has 1 aromatic carbocycles. The van der Waals surface area contributed by atoms with Crippen LogP contribution in [0, 0.1) is 19.3 Å². The zero-order valence-corrected chi connectivity index (χ0v) is 14.5. The predicted molar refractivity (Wildman–Crippen MR) is 94.4 cm³/mol. The number of hydrogen-bond donors (Lipinski definition) is 2. The van der Waals surface area contributed by atoms with Crippen molar-refractivity contribution in [3.8, 4) is 0 Å². The predicted octanol–water partition coefficient (Wildman–Crippen LogP) is 2.98. The zero-order valence-electron chi connectivity index (χ0n) is 14.5. The highest BCUT2D eigenvalue weighted by Crippen LogP contribution is 2.22. The van der Waals surface area contributed by atoms with E-state index in [1.54, 1.807) is 20.0 Å². The van der Waals surface area contributed by atoms with Crippen LogP contribution in [0.25, 0.3) is 0 Å². The number of pyridine rings is 1. The Morgan fingerprint density at radius 2 is 1.83 bits per heavy atom. The maximum atomic E-state index is 12.6. The largest absolute Gasteiger partial charge is 0.350 e. The van der Waals surface area contributed by atoms with Gasteiger partial charge in [-0.3, -0.25) is 14.6 Å². The van der Waals surface area contributed by atoms with Crippen molar-refractivity contribution in [2.75, 3.05) is 5.32 Å². The number of carbonyl (C=O) groups excluding carboxylic acids is 2. The molecule has 5 heteroatoms. The lowest BCUT2D eigenvalue weighted by Gasteiger charge is -2.23. The summed E-state index contributed by atoms with van der Waals surface area (Å²) in [4.78, 5) is 29.1. The number of anilines is 1. The Balaban J connectivity index is 2.03. The highest BCUT2D eigenvalue weighted by atomic mass is 16.2. The number of nitrogens with zero attached hydrogens (tertiary/aromatic N) is 1. The average Bonchev–Trinajstić information content (AvgIpc) is 2.56. The molecular weight excluding hydrogens is 302 g/mol. The van der Waals surface area contributed by atoms with Crippen LogP contribution >= 0.6 is 0 Å². The Kier molecular flexibility index (Phi) is 5.34. The topological polar surface area (TPSA) is 71.1 Å². The minimum Gasteiger partial charge on any atom is -0.350 e. The van der Waals surface area contributed by atoms with Gasteiger partial charge in [-0.05, 0) is 57.0 Å². The first-order valence-corrected chi connectivity index (χ1v) is 7.87. The first-order chi connectivity index (χ1) is 11.3. The van der Waals surface area contributed by atoms with Gasteiger partial charge in [0, 0.05) is 11.9 Å². The molecule has 24 heavy (non-hydrogen) atoms. The van der Waals surface area contributed by atoms with E-state index in [1.165, 1.54) is 0 Å². The second kappa shape index (κ2) is 7.25. The molecule has 0 spiro atoms. The second-order valence-electron chi connectivity index (χ2n) is 6.40. The van der Waals surface area contributed by atoms with E-state index in [-0.39, 0.29) is 11.8 Å². The fourth-order valence-electron chi connectivity index (χ4n) is 2.15. The Labute approximate surface area is 142 Å². The number of rotatable bonds is 5. The van der Waals surface area contributed by atoms with Gasteiger partial charge < -0.3 is 10.6 Å². The van der Waals surface area contributed by atoms with Crippen LogP contribution in [0.4, 0.5) is 5.69 Å². The van der Waals surface area contributed by atoms with E-state index in [0.717, 1.165) is 22.5 Å². The smallest absolute Gasteiger partial charge is 0.239 e. The van der Waals surface area contributed by atoms with Gasteiger partial charge in [0.05, 0.1) is 12.2 Å². The molecule has 0 aliphatic carbocycles. The molecule has 0 radical (unpaired) electrons. The third-order valence-corrected chi connectivity index (χ3v) is 3.93. The van der Waals surface area contributed by atoms with E-state index in [4.69, 9.17) is 0 Å². The maximum absolute atomic E-state index is 12.6. The number of aryl methyl sites for hydroxylation is 2. The van der Waals surface area contributed by atoms with Crippen molar-refractivity contribution < 1.29 is 9.59 Å². The molecule has 2 aromatic rings. The summed E-state index contributed by atoms with van der Waals surface area (Å²) in [5.41, 5.74) is 2.29. The molecular formula is C19H23N3O2. The molecule has 0 unspecified atom stereocenters. The van der Waals surface area contributed by atoms with Crippen LogP contribution in [0.5, 0.6) is 0 Å². The Bertz CT molecular complexity index is 740. The molecule has 0 saturated heterocycles. The molecule has 5 nitrogen and oxygen atoms in total. The Morgan fingerprint density at radius 3 is 2.50 bits per heavy atom. The van der Waals surface area contributed by atoms with Crippen molar-refractivity contribution in [3.63, 3.8) is 0 Å². The molecule has 2 amide bonds. The summed E-state index contributed by atoms with van der Waals surface area (Å²) in [5, 5.41) is 5.62. The summed E-state index contributed by atoms with van der Waals surface area (Å²) in [5.74, 6) is -0.675. The summed E-state index contributed by atoms with van der Waals surface area (Å²) in [7, 11) is 0. The van der Waals surface area contributed by atoms with Gasteiger partial charge in [0.25, 0.3) is 0 Å². The minimum absolute atomic E-state index is 0.292. The maximum Gasteiger partial charge on any atom is 0.239 e. The molecule has 126 valence electrons. The minimum atomic E-state index is -1.19. The first-order valence-electron chi connectivity index (χ1n) is 7.87. The van der Waals surface area contributed by atoms with Gasteiger partial charge in [-0.15, -0.1) is 0 Å². The molecule has 0 aliphatic rings. The quantitative estimate of drug-likeness (QED) is 0.830. The van der Waals surface area contributed by atoms with Crippen molar-refractivity contribution in [3.05, 3.63) is 59.4 Å². The van der Waals surface area contributed by atoms with Crippen LogP contribution in [0.15, 0.2) is 42.6 Å². The number of hydrogen-bond acceptors (Lipinski definition) is 3. The number of amides is 2. The van der Waals surface area contributed by atoms with Crippen molar-refractivity contribution in [2.24, 2.45) is 5.41 Å².